The van der Waals surface area contributed by atoms with Gasteiger partial charge in [-0.1, -0.05) is 6.92 Å². The van der Waals surface area contributed by atoms with Gasteiger partial charge in [0, 0.05) is 20.2 Å². The molecule has 1 aliphatic heterocycles. The minimum Gasteiger partial charge on any atom is -0.481 e. The van der Waals surface area contributed by atoms with Crippen molar-refractivity contribution in [2.75, 3.05) is 33.4 Å². The van der Waals surface area contributed by atoms with Crippen LogP contribution in [0.1, 0.15) is 26.7 Å². The van der Waals surface area contributed by atoms with Crippen LogP contribution in [-0.2, 0) is 19.1 Å². The molecule has 0 bridgehead atoms. The molecule has 19 heavy (non-hydrogen) atoms. The SMILES string of the molecule is CCC(C)OCC(=O)N1CCC(COC)(C(=O)O)C1. The van der Waals surface area contributed by atoms with Crippen molar-refractivity contribution < 1.29 is 24.2 Å². The molecule has 1 aliphatic rings. The van der Waals surface area contributed by atoms with Crippen molar-refractivity contribution in [3.05, 3.63) is 0 Å². The van der Waals surface area contributed by atoms with Crippen LogP contribution in [0.5, 0.6) is 0 Å². The molecular formula is C13H23NO5. The van der Waals surface area contributed by atoms with Crippen LogP contribution in [-0.4, -0.2) is 61.4 Å². The number of hydrogen-bond acceptors (Lipinski definition) is 4. The predicted octanol–water partition coefficient (Wildman–Crippen LogP) is 0.751. The standard InChI is InChI=1S/C13H23NO5/c1-4-10(2)19-7-11(15)14-6-5-13(8-14,9-18-3)12(16)17/h10H,4-9H2,1-3H3,(H,16,17). The summed E-state index contributed by atoms with van der Waals surface area (Å²) in [5, 5.41) is 9.30. The third-order valence-electron chi connectivity index (χ3n) is 3.65. The summed E-state index contributed by atoms with van der Waals surface area (Å²) < 4.78 is 10.4. The van der Waals surface area contributed by atoms with E-state index in [0.29, 0.717) is 13.0 Å². The molecule has 110 valence electrons. The van der Waals surface area contributed by atoms with Crippen molar-refractivity contribution in [3.63, 3.8) is 0 Å². The molecule has 0 aromatic heterocycles. The second kappa shape index (κ2) is 6.86. The highest BCUT2D eigenvalue weighted by molar-refractivity contribution is 5.81. The minimum absolute atomic E-state index is 0.0116. The van der Waals surface area contributed by atoms with Gasteiger partial charge in [0.05, 0.1) is 12.7 Å². The molecule has 1 amide bonds. The monoisotopic (exact) mass is 273 g/mol. The van der Waals surface area contributed by atoms with Crippen LogP contribution >= 0.6 is 0 Å². The normalized spacial score (nSPS) is 24.5. The smallest absolute Gasteiger partial charge is 0.313 e. The number of likely N-dealkylation sites (tertiary alicyclic amines) is 1. The van der Waals surface area contributed by atoms with Gasteiger partial charge in [-0.3, -0.25) is 9.59 Å². The van der Waals surface area contributed by atoms with Crippen LogP contribution in [0.3, 0.4) is 0 Å². The zero-order valence-corrected chi connectivity index (χ0v) is 11.8. The molecule has 2 unspecified atom stereocenters. The molecular weight excluding hydrogens is 250 g/mol. The quantitative estimate of drug-likeness (QED) is 0.741. The average Bonchev–Trinajstić information content (AvgIpc) is 2.81. The first-order chi connectivity index (χ1) is 8.95. The van der Waals surface area contributed by atoms with Crippen LogP contribution in [0.15, 0.2) is 0 Å². The third kappa shape index (κ3) is 3.91. The third-order valence-corrected chi connectivity index (χ3v) is 3.65. The Labute approximate surface area is 113 Å². The number of methoxy groups -OCH3 is 1. The van der Waals surface area contributed by atoms with Gasteiger partial charge in [-0.05, 0) is 19.8 Å². The van der Waals surface area contributed by atoms with Crippen molar-refractivity contribution in [2.45, 2.75) is 32.8 Å². The van der Waals surface area contributed by atoms with E-state index in [1.807, 2.05) is 13.8 Å². The van der Waals surface area contributed by atoms with Crippen LogP contribution < -0.4 is 0 Å². The second-order valence-electron chi connectivity index (χ2n) is 5.11. The van der Waals surface area contributed by atoms with Crippen molar-refractivity contribution in [2.24, 2.45) is 5.41 Å². The maximum Gasteiger partial charge on any atom is 0.313 e. The zero-order chi connectivity index (χ0) is 14.5. The lowest BCUT2D eigenvalue weighted by molar-refractivity contribution is -0.152. The van der Waals surface area contributed by atoms with E-state index in [9.17, 15) is 14.7 Å². The van der Waals surface area contributed by atoms with E-state index in [2.05, 4.69) is 0 Å². The molecule has 0 spiro atoms. The molecule has 6 nitrogen and oxygen atoms in total. The Morgan fingerprint density at radius 1 is 1.47 bits per heavy atom. The van der Waals surface area contributed by atoms with Crippen molar-refractivity contribution in [3.8, 4) is 0 Å². The molecule has 2 atom stereocenters. The highest BCUT2D eigenvalue weighted by Crippen LogP contribution is 2.31. The van der Waals surface area contributed by atoms with E-state index in [1.165, 1.54) is 7.11 Å². The molecule has 1 rings (SSSR count). The van der Waals surface area contributed by atoms with Gasteiger partial charge in [0.2, 0.25) is 5.91 Å². The van der Waals surface area contributed by atoms with Crippen LogP contribution in [0, 0.1) is 5.41 Å². The molecule has 0 radical (unpaired) electrons. The summed E-state index contributed by atoms with van der Waals surface area (Å²) in [5.74, 6) is -1.06. The Balaban J connectivity index is 2.54. The van der Waals surface area contributed by atoms with Gasteiger partial charge in [0.25, 0.3) is 0 Å². The first-order valence-corrected chi connectivity index (χ1v) is 6.57. The Kier molecular flexibility index (Phi) is 5.75. The number of carbonyl (C=O) groups excluding carboxylic acids is 1. The lowest BCUT2D eigenvalue weighted by Gasteiger charge is -2.24. The van der Waals surface area contributed by atoms with Crippen LogP contribution in [0.4, 0.5) is 0 Å². The average molecular weight is 273 g/mol. The van der Waals surface area contributed by atoms with Gasteiger partial charge >= 0.3 is 5.97 Å². The molecule has 1 N–H and O–H groups in total. The van der Waals surface area contributed by atoms with E-state index in [1.54, 1.807) is 4.90 Å². The van der Waals surface area contributed by atoms with Crippen LogP contribution in [0.25, 0.3) is 0 Å². The molecule has 1 heterocycles. The number of aliphatic carboxylic acids is 1. The summed E-state index contributed by atoms with van der Waals surface area (Å²) in [5.41, 5.74) is -0.971. The second-order valence-corrected chi connectivity index (χ2v) is 5.11. The molecule has 1 fully saturated rings. The number of carboxylic acid groups (broad SMARTS) is 1. The zero-order valence-electron chi connectivity index (χ0n) is 11.8. The number of carbonyl (C=O) groups is 2. The lowest BCUT2D eigenvalue weighted by Crippen LogP contribution is -2.41. The highest BCUT2D eigenvalue weighted by atomic mass is 16.5. The maximum absolute atomic E-state index is 11.9. The topological polar surface area (TPSA) is 76.1 Å². The molecule has 0 saturated carbocycles. The van der Waals surface area contributed by atoms with E-state index in [-0.39, 0.29) is 31.8 Å². The first-order valence-electron chi connectivity index (χ1n) is 6.57. The molecule has 6 heteroatoms. The van der Waals surface area contributed by atoms with Gasteiger partial charge in [-0.25, -0.2) is 0 Å². The van der Waals surface area contributed by atoms with Gasteiger partial charge < -0.3 is 19.5 Å². The Bertz CT molecular complexity index is 333. The highest BCUT2D eigenvalue weighted by Gasteiger charge is 2.46. The van der Waals surface area contributed by atoms with Gasteiger partial charge in [-0.15, -0.1) is 0 Å². The number of hydrogen-bond donors (Lipinski definition) is 1. The first kappa shape index (κ1) is 15.9. The summed E-state index contributed by atoms with van der Waals surface area (Å²) >= 11 is 0. The largest absolute Gasteiger partial charge is 0.481 e. The Hall–Kier alpha value is -1.14. The molecule has 0 aromatic carbocycles. The van der Waals surface area contributed by atoms with Crippen molar-refractivity contribution in [1.82, 2.24) is 4.90 Å². The van der Waals surface area contributed by atoms with E-state index in [0.717, 1.165) is 6.42 Å². The number of ether oxygens (including phenoxy) is 2. The van der Waals surface area contributed by atoms with Gasteiger partial charge in [0.1, 0.15) is 12.0 Å². The van der Waals surface area contributed by atoms with E-state index < -0.39 is 11.4 Å². The lowest BCUT2D eigenvalue weighted by atomic mass is 9.88. The van der Waals surface area contributed by atoms with Crippen molar-refractivity contribution >= 4 is 11.9 Å². The molecule has 0 aliphatic carbocycles. The van der Waals surface area contributed by atoms with Gasteiger partial charge in [0.15, 0.2) is 0 Å². The fourth-order valence-electron chi connectivity index (χ4n) is 2.14. The number of nitrogens with zero attached hydrogens (tertiary/aromatic N) is 1. The summed E-state index contributed by atoms with van der Waals surface area (Å²) in [4.78, 5) is 24.8. The molecule has 0 aromatic rings. The van der Waals surface area contributed by atoms with E-state index >= 15 is 0 Å². The predicted molar refractivity (Wildman–Crippen MR) is 68.8 cm³/mol. The summed E-state index contributed by atoms with van der Waals surface area (Å²) in [6, 6.07) is 0. The minimum atomic E-state index is -0.971. The maximum atomic E-state index is 11.9. The Morgan fingerprint density at radius 3 is 2.68 bits per heavy atom. The van der Waals surface area contributed by atoms with Crippen molar-refractivity contribution in [1.29, 1.82) is 0 Å². The Morgan fingerprint density at radius 2 is 2.16 bits per heavy atom. The summed E-state index contributed by atoms with van der Waals surface area (Å²) in [6.45, 7) is 4.66. The summed E-state index contributed by atoms with van der Waals surface area (Å²) in [6.07, 6.45) is 1.30. The fourth-order valence-corrected chi connectivity index (χ4v) is 2.14. The number of carboxylic acids is 1. The van der Waals surface area contributed by atoms with Crippen LogP contribution in [0.2, 0.25) is 0 Å². The van der Waals surface area contributed by atoms with E-state index in [4.69, 9.17) is 9.47 Å². The summed E-state index contributed by atoms with van der Waals surface area (Å²) in [7, 11) is 1.47. The number of amides is 1. The fraction of sp³-hybridized carbons (Fsp3) is 0.846. The molecule has 1 saturated heterocycles. The van der Waals surface area contributed by atoms with Gasteiger partial charge in [-0.2, -0.15) is 0 Å². The number of rotatable bonds is 7.